The third kappa shape index (κ3) is 5.04. The van der Waals surface area contributed by atoms with Gasteiger partial charge in [-0.25, -0.2) is 0 Å². The number of rotatable bonds is 4. The second kappa shape index (κ2) is 9.03. The average molecular weight is 522 g/mol. The number of thiophene rings is 1. The predicted octanol–water partition coefficient (Wildman–Crippen LogP) is 7.90. The summed E-state index contributed by atoms with van der Waals surface area (Å²) >= 11 is 19.9. The van der Waals surface area contributed by atoms with Gasteiger partial charge in [0.2, 0.25) is 0 Å². The van der Waals surface area contributed by atoms with E-state index in [2.05, 4.69) is 10.6 Å². The maximum absolute atomic E-state index is 12.9. The molecule has 0 saturated carbocycles. The minimum absolute atomic E-state index is 0.112. The number of nitrogens with one attached hydrogen (secondary N) is 2. The van der Waals surface area contributed by atoms with Crippen LogP contribution < -0.4 is 10.6 Å². The highest BCUT2D eigenvalue weighted by atomic mass is 35.5. The molecule has 170 valence electrons. The molecule has 2 amide bonds. The molecular formula is C24H19Cl3N2O3S. The van der Waals surface area contributed by atoms with Gasteiger partial charge in [-0.1, -0.05) is 46.9 Å². The second-order valence-electron chi connectivity index (χ2n) is 8.37. The first kappa shape index (κ1) is 23.6. The van der Waals surface area contributed by atoms with Gasteiger partial charge < -0.3 is 15.1 Å². The Kier molecular flexibility index (Phi) is 6.47. The summed E-state index contributed by atoms with van der Waals surface area (Å²) in [7, 11) is 0. The summed E-state index contributed by atoms with van der Waals surface area (Å²) in [5, 5.41) is 7.73. The molecule has 0 unspecified atom stereocenters. The van der Waals surface area contributed by atoms with E-state index in [0.717, 1.165) is 0 Å². The molecule has 0 fully saturated rings. The van der Waals surface area contributed by atoms with Crippen LogP contribution in [-0.4, -0.2) is 17.4 Å². The van der Waals surface area contributed by atoms with Gasteiger partial charge in [-0.05, 0) is 57.2 Å². The molecular weight excluding hydrogens is 503 g/mol. The van der Waals surface area contributed by atoms with Crippen LogP contribution >= 0.6 is 46.1 Å². The van der Waals surface area contributed by atoms with E-state index in [4.69, 9.17) is 39.2 Å². The summed E-state index contributed by atoms with van der Waals surface area (Å²) < 4.78 is 6.43. The molecule has 2 heterocycles. The van der Waals surface area contributed by atoms with Crippen LogP contribution in [0.25, 0.3) is 21.4 Å². The molecule has 4 rings (SSSR count). The SMILES string of the molecule is CC(C)(C)NC(=O)c1sc2c(NC(=O)c3ccc(-c4ccc(Cl)cc4Cl)o3)cccc2c1Cl. The fourth-order valence-corrected chi connectivity index (χ4v) is 5.18. The summed E-state index contributed by atoms with van der Waals surface area (Å²) in [6, 6.07) is 13.6. The van der Waals surface area contributed by atoms with Gasteiger partial charge in [-0.2, -0.15) is 0 Å². The molecule has 0 saturated heterocycles. The largest absolute Gasteiger partial charge is 0.451 e. The van der Waals surface area contributed by atoms with Crippen LogP contribution in [0.3, 0.4) is 0 Å². The van der Waals surface area contributed by atoms with Gasteiger partial charge in [0, 0.05) is 21.5 Å². The molecule has 0 atom stereocenters. The van der Waals surface area contributed by atoms with Crippen LogP contribution in [-0.2, 0) is 0 Å². The fraction of sp³-hybridized carbons (Fsp3) is 0.167. The zero-order valence-electron chi connectivity index (χ0n) is 17.9. The number of halogens is 3. The van der Waals surface area contributed by atoms with Crippen LogP contribution in [0.4, 0.5) is 5.69 Å². The number of benzene rings is 2. The van der Waals surface area contributed by atoms with Crippen molar-refractivity contribution in [3.05, 3.63) is 74.2 Å². The number of carbonyl (C=O) groups excluding carboxylic acids is 2. The number of hydrogen-bond acceptors (Lipinski definition) is 4. The molecule has 0 aliphatic carbocycles. The molecule has 0 radical (unpaired) electrons. The summed E-state index contributed by atoms with van der Waals surface area (Å²) in [6.45, 7) is 5.69. The van der Waals surface area contributed by atoms with E-state index in [-0.39, 0.29) is 11.7 Å². The monoisotopic (exact) mass is 520 g/mol. The van der Waals surface area contributed by atoms with Gasteiger partial charge in [0.1, 0.15) is 10.6 Å². The topological polar surface area (TPSA) is 71.3 Å². The minimum atomic E-state index is -0.441. The smallest absolute Gasteiger partial charge is 0.291 e. The quantitative estimate of drug-likeness (QED) is 0.287. The van der Waals surface area contributed by atoms with E-state index in [1.54, 1.807) is 42.5 Å². The molecule has 0 spiro atoms. The first-order chi connectivity index (χ1) is 15.5. The lowest BCUT2D eigenvalue weighted by Gasteiger charge is -2.19. The van der Waals surface area contributed by atoms with E-state index in [0.29, 0.717) is 47.0 Å². The standard InChI is InChI=1S/C24H19Cl3N2O3S/c1-24(2,3)29-23(31)21-19(27)14-5-4-6-16(20(14)33-21)28-22(30)18-10-9-17(32-18)13-8-7-12(25)11-15(13)26/h4-11H,1-3H3,(H,28,30)(H,29,31). The lowest BCUT2D eigenvalue weighted by Crippen LogP contribution is -2.40. The molecule has 0 aliphatic rings. The van der Waals surface area contributed by atoms with E-state index in [1.807, 2.05) is 26.8 Å². The summed E-state index contributed by atoms with van der Waals surface area (Å²) in [6.07, 6.45) is 0. The van der Waals surface area contributed by atoms with Gasteiger partial charge >= 0.3 is 0 Å². The molecule has 5 nitrogen and oxygen atoms in total. The highest BCUT2D eigenvalue weighted by molar-refractivity contribution is 7.22. The summed E-state index contributed by atoms with van der Waals surface area (Å²) in [4.78, 5) is 26.0. The van der Waals surface area contributed by atoms with Crippen molar-refractivity contribution >= 4 is 73.7 Å². The number of anilines is 1. The highest BCUT2D eigenvalue weighted by Crippen LogP contribution is 2.40. The molecule has 9 heteroatoms. The van der Waals surface area contributed by atoms with Crippen LogP contribution in [0.5, 0.6) is 0 Å². The van der Waals surface area contributed by atoms with Gasteiger partial charge in [0.25, 0.3) is 11.8 Å². The van der Waals surface area contributed by atoms with E-state index in [1.165, 1.54) is 11.3 Å². The molecule has 0 aliphatic heterocycles. The molecule has 0 bridgehead atoms. The Morgan fingerprint density at radius 2 is 1.73 bits per heavy atom. The Morgan fingerprint density at radius 3 is 2.42 bits per heavy atom. The van der Waals surface area contributed by atoms with E-state index < -0.39 is 11.4 Å². The van der Waals surface area contributed by atoms with Gasteiger partial charge in [-0.3, -0.25) is 9.59 Å². The lowest BCUT2D eigenvalue weighted by molar-refractivity contribution is 0.0923. The first-order valence-corrected chi connectivity index (χ1v) is 11.9. The summed E-state index contributed by atoms with van der Waals surface area (Å²) in [5.74, 6) is -0.146. The Balaban J connectivity index is 1.62. The van der Waals surface area contributed by atoms with Gasteiger partial charge in [0.15, 0.2) is 5.76 Å². The average Bonchev–Trinajstić information content (AvgIpc) is 3.33. The Morgan fingerprint density at radius 1 is 0.970 bits per heavy atom. The van der Waals surface area contributed by atoms with Crippen molar-refractivity contribution in [2.45, 2.75) is 26.3 Å². The Bertz CT molecular complexity index is 1390. The van der Waals surface area contributed by atoms with Crippen molar-refractivity contribution in [2.75, 3.05) is 5.32 Å². The number of amides is 2. The minimum Gasteiger partial charge on any atom is -0.451 e. The van der Waals surface area contributed by atoms with E-state index >= 15 is 0 Å². The van der Waals surface area contributed by atoms with Crippen molar-refractivity contribution in [1.82, 2.24) is 5.32 Å². The number of hydrogen-bond donors (Lipinski definition) is 2. The van der Waals surface area contributed by atoms with Crippen molar-refractivity contribution in [2.24, 2.45) is 0 Å². The van der Waals surface area contributed by atoms with Crippen molar-refractivity contribution in [3.63, 3.8) is 0 Å². The number of carbonyl (C=O) groups is 2. The highest BCUT2D eigenvalue weighted by Gasteiger charge is 2.23. The first-order valence-electron chi connectivity index (χ1n) is 9.93. The van der Waals surface area contributed by atoms with E-state index in [9.17, 15) is 9.59 Å². The maximum Gasteiger partial charge on any atom is 0.291 e. The van der Waals surface area contributed by atoms with Crippen molar-refractivity contribution in [1.29, 1.82) is 0 Å². The maximum atomic E-state index is 12.9. The van der Waals surface area contributed by atoms with Crippen LogP contribution in [0.15, 0.2) is 52.9 Å². The zero-order chi connectivity index (χ0) is 23.9. The van der Waals surface area contributed by atoms with Crippen molar-refractivity contribution < 1.29 is 14.0 Å². The van der Waals surface area contributed by atoms with Crippen LogP contribution in [0.2, 0.25) is 15.1 Å². The molecule has 2 N–H and O–H groups in total. The third-order valence-electron chi connectivity index (χ3n) is 4.62. The second-order valence-corrected chi connectivity index (χ2v) is 10.6. The molecule has 2 aromatic heterocycles. The number of fused-ring (bicyclic) bond motifs is 1. The Labute approximate surface area is 209 Å². The van der Waals surface area contributed by atoms with Gasteiger partial charge in [0.05, 0.1) is 20.4 Å². The number of furan rings is 1. The molecule has 4 aromatic rings. The Hall–Kier alpha value is -2.51. The van der Waals surface area contributed by atoms with Gasteiger partial charge in [-0.15, -0.1) is 11.3 Å². The molecule has 33 heavy (non-hydrogen) atoms. The third-order valence-corrected chi connectivity index (χ3v) is 6.91. The predicted molar refractivity (Wildman–Crippen MR) is 136 cm³/mol. The fourth-order valence-electron chi connectivity index (χ4n) is 3.21. The van der Waals surface area contributed by atoms with Crippen molar-refractivity contribution in [3.8, 4) is 11.3 Å². The van der Waals surface area contributed by atoms with Crippen LogP contribution in [0, 0.1) is 0 Å². The molecule has 2 aromatic carbocycles. The normalized spacial score (nSPS) is 11.6. The lowest BCUT2D eigenvalue weighted by atomic mass is 10.1. The summed E-state index contributed by atoms with van der Waals surface area (Å²) in [5.41, 5.74) is 0.751. The zero-order valence-corrected chi connectivity index (χ0v) is 21.0. The van der Waals surface area contributed by atoms with Crippen LogP contribution in [0.1, 0.15) is 41.0 Å².